The van der Waals surface area contributed by atoms with Crippen molar-refractivity contribution in [2.75, 3.05) is 0 Å². The van der Waals surface area contributed by atoms with E-state index in [1.807, 2.05) is 42.2 Å². The highest BCUT2D eigenvalue weighted by Crippen LogP contribution is 2.44. The number of piperidine rings is 1. The van der Waals surface area contributed by atoms with E-state index >= 15 is 0 Å². The Morgan fingerprint density at radius 2 is 1.62 bits per heavy atom. The third-order valence-corrected chi connectivity index (χ3v) is 11.0. The molecule has 1 aromatic heterocycles. The highest BCUT2D eigenvalue weighted by Gasteiger charge is 2.44. The monoisotopic (exact) mass is 562 g/mol. The summed E-state index contributed by atoms with van der Waals surface area (Å²) in [6, 6.07) is 19.4. The van der Waals surface area contributed by atoms with Crippen LogP contribution in [0.1, 0.15) is 85.6 Å². The number of carbonyl (C=O) groups is 2. The maximum absolute atomic E-state index is 13.5. The molecular weight excluding hydrogens is 524 g/mol. The van der Waals surface area contributed by atoms with Crippen LogP contribution in [0.25, 0.3) is 0 Å². The van der Waals surface area contributed by atoms with Crippen molar-refractivity contribution < 1.29 is 14.3 Å². The van der Waals surface area contributed by atoms with Crippen molar-refractivity contribution in [3.63, 3.8) is 0 Å². The van der Waals surface area contributed by atoms with Crippen molar-refractivity contribution in [3.05, 3.63) is 82.7 Å². The van der Waals surface area contributed by atoms with Crippen molar-refractivity contribution >= 4 is 34.9 Å². The van der Waals surface area contributed by atoms with Crippen LogP contribution in [0.4, 0.5) is 0 Å². The highest BCUT2D eigenvalue weighted by molar-refractivity contribution is 8.01. The van der Waals surface area contributed by atoms with E-state index in [4.69, 9.17) is 10.5 Å². The summed E-state index contributed by atoms with van der Waals surface area (Å²) in [7, 11) is 0. The SMILES string of the molecule is CCC(N)(CC)c1ccc(C(=O)Oc2ccc(C(=O)C(C)N3C4CCC3CC(Sc3cccs3)C4)cc2)cc1. The zero-order valence-corrected chi connectivity index (χ0v) is 24.6. The van der Waals surface area contributed by atoms with E-state index in [0.717, 1.165) is 31.2 Å². The Morgan fingerprint density at radius 1 is 1.00 bits per heavy atom. The van der Waals surface area contributed by atoms with Crippen LogP contribution in [0, 0.1) is 0 Å². The van der Waals surface area contributed by atoms with Crippen LogP contribution in [0.3, 0.4) is 0 Å². The Kier molecular flexibility index (Phi) is 8.62. The van der Waals surface area contributed by atoms with Gasteiger partial charge in [0.05, 0.1) is 15.8 Å². The van der Waals surface area contributed by atoms with E-state index in [2.05, 4.69) is 36.3 Å². The molecule has 5 nitrogen and oxygen atoms in total. The van der Waals surface area contributed by atoms with Crippen LogP contribution < -0.4 is 10.5 Å². The summed E-state index contributed by atoms with van der Waals surface area (Å²) in [4.78, 5) is 28.7. The number of hydrogen-bond donors (Lipinski definition) is 1. The van der Waals surface area contributed by atoms with Crippen LogP contribution in [0.15, 0.2) is 70.3 Å². The van der Waals surface area contributed by atoms with E-state index in [1.54, 1.807) is 36.4 Å². The molecule has 5 rings (SSSR count). The molecule has 3 heterocycles. The molecule has 2 saturated heterocycles. The van der Waals surface area contributed by atoms with Crippen molar-refractivity contribution in [1.29, 1.82) is 0 Å². The first-order valence-electron chi connectivity index (χ1n) is 14.0. The zero-order valence-electron chi connectivity index (χ0n) is 23.0. The quantitative estimate of drug-likeness (QED) is 0.159. The third-order valence-electron chi connectivity index (χ3n) is 8.66. The minimum atomic E-state index is -0.426. The molecule has 2 aliphatic heterocycles. The van der Waals surface area contributed by atoms with Gasteiger partial charge in [-0.15, -0.1) is 23.1 Å². The fraction of sp³-hybridized carbons (Fsp3) is 0.438. The number of Topliss-reactive ketones (excluding diaryl/α,β-unsaturated/α-hetero) is 1. The molecule has 0 amide bonds. The van der Waals surface area contributed by atoms with Gasteiger partial charge in [-0.25, -0.2) is 4.79 Å². The molecule has 0 saturated carbocycles. The summed E-state index contributed by atoms with van der Waals surface area (Å²) in [5.41, 5.74) is 8.23. The minimum Gasteiger partial charge on any atom is -0.423 e. The number of thioether (sulfide) groups is 1. The number of nitrogens with two attached hydrogens (primary N) is 1. The lowest BCUT2D eigenvalue weighted by Gasteiger charge is -2.41. The molecular formula is C32H38N2O3S2. The van der Waals surface area contributed by atoms with Gasteiger partial charge in [-0.05, 0) is 98.9 Å². The Labute approximate surface area is 240 Å². The summed E-state index contributed by atoms with van der Waals surface area (Å²) in [6.07, 6.45) is 6.26. The highest BCUT2D eigenvalue weighted by atomic mass is 32.2. The molecule has 2 aliphatic rings. The average molecular weight is 563 g/mol. The Morgan fingerprint density at radius 3 is 2.18 bits per heavy atom. The fourth-order valence-corrected chi connectivity index (χ4v) is 8.58. The molecule has 0 radical (unpaired) electrons. The molecule has 2 aromatic carbocycles. The van der Waals surface area contributed by atoms with Gasteiger partial charge in [0.25, 0.3) is 0 Å². The van der Waals surface area contributed by atoms with Gasteiger partial charge in [-0.3, -0.25) is 9.69 Å². The Balaban J connectivity index is 1.18. The molecule has 39 heavy (non-hydrogen) atoms. The molecule has 0 aliphatic carbocycles. The predicted octanol–water partition coefficient (Wildman–Crippen LogP) is 7.30. The second kappa shape index (κ2) is 12.0. The largest absolute Gasteiger partial charge is 0.423 e. The lowest BCUT2D eigenvalue weighted by molar-refractivity contribution is 0.0650. The number of nitrogens with zero attached hydrogens (tertiary/aromatic N) is 1. The number of hydrogen-bond acceptors (Lipinski definition) is 7. The Bertz CT molecular complexity index is 1260. The van der Waals surface area contributed by atoms with Crippen molar-refractivity contribution in [3.8, 4) is 5.75 Å². The molecule has 3 unspecified atom stereocenters. The summed E-state index contributed by atoms with van der Waals surface area (Å²) in [5, 5.41) is 2.77. The smallest absolute Gasteiger partial charge is 0.343 e. The van der Waals surface area contributed by atoms with E-state index in [1.165, 1.54) is 17.1 Å². The number of fused-ring (bicyclic) bond motifs is 2. The molecule has 7 heteroatoms. The summed E-state index contributed by atoms with van der Waals surface area (Å²) in [6.45, 7) is 6.18. The standard InChI is InChI=1S/C32H38N2O3S2/c1-4-32(33,5-2)24-12-8-23(9-13-24)31(36)37-27-16-10-22(11-17-27)30(35)21(3)34-25-14-15-26(34)20-28(19-25)39-29-7-6-18-38-29/h6-13,16-18,21,25-26,28H,4-5,14-15,19-20,33H2,1-3H3. The maximum Gasteiger partial charge on any atom is 0.343 e. The molecule has 0 spiro atoms. The third kappa shape index (κ3) is 6.02. The molecule has 3 atom stereocenters. The number of thiophene rings is 1. The molecule has 2 bridgehead atoms. The van der Waals surface area contributed by atoms with Crippen LogP contribution in [0.5, 0.6) is 5.75 Å². The second-order valence-electron chi connectivity index (χ2n) is 10.9. The van der Waals surface area contributed by atoms with Gasteiger partial charge in [0.15, 0.2) is 5.78 Å². The van der Waals surface area contributed by atoms with E-state index in [9.17, 15) is 9.59 Å². The number of ketones is 1. The lowest BCUT2D eigenvalue weighted by Crippen LogP contribution is -2.51. The van der Waals surface area contributed by atoms with Crippen molar-refractivity contribution in [2.45, 2.75) is 92.4 Å². The van der Waals surface area contributed by atoms with Crippen LogP contribution in [0.2, 0.25) is 0 Å². The van der Waals surface area contributed by atoms with Crippen LogP contribution in [-0.4, -0.2) is 40.0 Å². The topological polar surface area (TPSA) is 72.6 Å². The number of ether oxygens (including phenoxy) is 1. The number of esters is 1. The minimum absolute atomic E-state index is 0.127. The Hall–Kier alpha value is -2.45. The summed E-state index contributed by atoms with van der Waals surface area (Å²) in [5.74, 6) is 0.126. The fourth-order valence-electron chi connectivity index (χ4n) is 6.21. The first-order chi connectivity index (χ1) is 18.8. The van der Waals surface area contributed by atoms with E-state index < -0.39 is 5.97 Å². The normalized spacial score (nSPS) is 22.0. The number of rotatable bonds is 10. The van der Waals surface area contributed by atoms with Gasteiger partial charge in [-0.1, -0.05) is 32.0 Å². The van der Waals surface area contributed by atoms with E-state index in [-0.39, 0.29) is 17.4 Å². The van der Waals surface area contributed by atoms with E-state index in [0.29, 0.717) is 34.2 Å². The molecule has 2 fully saturated rings. The molecule has 2 N–H and O–H groups in total. The maximum atomic E-state index is 13.5. The second-order valence-corrected chi connectivity index (χ2v) is 13.4. The van der Waals surface area contributed by atoms with Crippen LogP contribution in [-0.2, 0) is 5.54 Å². The van der Waals surface area contributed by atoms with Gasteiger partial charge < -0.3 is 10.5 Å². The van der Waals surface area contributed by atoms with Gasteiger partial charge in [0.2, 0.25) is 0 Å². The molecule has 3 aromatic rings. The van der Waals surface area contributed by atoms with Crippen LogP contribution >= 0.6 is 23.1 Å². The number of benzene rings is 2. The average Bonchev–Trinajstić information content (AvgIpc) is 3.57. The lowest BCUT2D eigenvalue weighted by atomic mass is 9.85. The van der Waals surface area contributed by atoms with Crippen molar-refractivity contribution in [1.82, 2.24) is 4.90 Å². The zero-order chi connectivity index (χ0) is 27.6. The predicted molar refractivity (Wildman–Crippen MR) is 160 cm³/mol. The van der Waals surface area contributed by atoms with Gasteiger partial charge in [0.1, 0.15) is 5.75 Å². The first kappa shape index (κ1) is 28.1. The van der Waals surface area contributed by atoms with Gasteiger partial charge >= 0.3 is 5.97 Å². The summed E-state index contributed by atoms with van der Waals surface area (Å²) >= 11 is 3.82. The van der Waals surface area contributed by atoms with Crippen molar-refractivity contribution in [2.24, 2.45) is 5.73 Å². The molecule has 206 valence electrons. The summed E-state index contributed by atoms with van der Waals surface area (Å²) < 4.78 is 6.98. The van der Waals surface area contributed by atoms with Gasteiger partial charge in [0, 0.05) is 28.4 Å². The number of carbonyl (C=O) groups excluding carboxylic acids is 2. The first-order valence-corrected chi connectivity index (χ1v) is 15.8. The van der Waals surface area contributed by atoms with Gasteiger partial charge in [-0.2, -0.15) is 0 Å².